The molecule has 1 aliphatic carbocycles. The molecule has 1 aromatic heterocycles. The highest BCUT2D eigenvalue weighted by atomic mass is 16.4. The highest BCUT2D eigenvalue weighted by Gasteiger charge is 2.34. The fraction of sp³-hybridized carbons (Fsp3) is 0.615. The number of carboxylic acid groups (broad SMARTS) is 1. The second kappa shape index (κ2) is 4.74. The topological polar surface area (TPSA) is 65.7 Å². The molecule has 98 valence electrons. The Hall–Kier alpha value is -1.33. The molecule has 2 aliphatic rings. The lowest BCUT2D eigenvalue weighted by Gasteiger charge is -2.15. The average Bonchev–Trinajstić information content (AvgIpc) is 2.92. The van der Waals surface area contributed by atoms with Gasteiger partial charge in [-0.1, -0.05) is 0 Å². The fourth-order valence-electron chi connectivity index (χ4n) is 2.56. The van der Waals surface area contributed by atoms with E-state index in [0.29, 0.717) is 18.3 Å². The summed E-state index contributed by atoms with van der Waals surface area (Å²) in [5.74, 6) is -0.308. The van der Waals surface area contributed by atoms with Crippen LogP contribution >= 0.6 is 0 Å². The predicted octanol–water partition coefficient (Wildman–Crippen LogP) is 1.30. The number of aromatic carboxylic acids is 1. The van der Waals surface area contributed by atoms with Crippen LogP contribution in [0.15, 0.2) is 16.5 Å². The summed E-state index contributed by atoms with van der Waals surface area (Å²) in [5.41, 5.74) is 0. The highest BCUT2D eigenvalue weighted by molar-refractivity contribution is 5.84. The maximum atomic E-state index is 10.7. The highest BCUT2D eigenvalue weighted by Crippen LogP contribution is 2.29. The molecule has 0 radical (unpaired) electrons. The summed E-state index contributed by atoms with van der Waals surface area (Å²) in [6.45, 7) is 2.90. The van der Waals surface area contributed by atoms with Gasteiger partial charge in [0.1, 0.15) is 5.76 Å². The van der Waals surface area contributed by atoms with E-state index in [9.17, 15) is 4.79 Å². The van der Waals surface area contributed by atoms with Crippen molar-refractivity contribution in [1.82, 2.24) is 10.2 Å². The molecule has 1 saturated heterocycles. The van der Waals surface area contributed by atoms with Gasteiger partial charge in [0.25, 0.3) is 0 Å². The van der Waals surface area contributed by atoms with E-state index < -0.39 is 5.97 Å². The molecular formula is C13H18N2O3. The Kier molecular flexibility index (Phi) is 3.09. The van der Waals surface area contributed by atoms with Crippen molar-refractivity contribution >= 4 is 5.97 Å². The molecule has 3 rings (SSSR count). The summed E-state index contributed by atoms with van der Waals surface area (Å²) >= 11 is 0. The zero-order valence-electron chi connectivity index (χ0n) is 10.3. The molecule has 5 heteroatoms. The van der Waals surface area contributed by atoms with E-state index in [1.165, 1.54) is 31.9 Å². The summed E-state index contributed by atoms with van der Waals surface area (Å²) in [6, 6.07) is 4.57. The smallest absolute Gasteiger partial charge is 0.371 e. The molecular weight excluding hydrogens is 232 g/mol. The number of furan rings is 1. The summed E-state index contributed by atoms with van der Waals surface area (Å²) in [7, 11) is 0. The molecule has 0 amide bonds. The van der Waals surface area contributed by atoms with Gasteiger partial charge in [0, 0.05) is 25.2 Å². The molecule has 2 heterocycles. The average molecular weight is 250 g/mol. The molecule has 18 heavy (non-hydrogen) atoms. The molecule has 2 N–H and O–H groups in total. The van der Waals surface area contributed by atoms with Gasteiger partial charge in [-0.2, -0.15) is 0 Å². The molecule has 1 atom stereocenters. The summed E-state index contributed by atoms with van der Waals surface area (Å²) in [6.07, 6.45) is 3.88. The van der Waals surface area contributed by atoms with Crippen LogP contribution in [0.1, 0.15) is 35.6 Å². The van der Waals surface area contributed by atoms with Crippen molar-refractivity contribution < 1.29 is 14.3 Å². The molecule has 0 bridgehead atoms. The van der Waals surface area contributed by atoms with Gasteiger partial charge < -0.3 is 14.8 Å². The van der Waals surface area contributed by atoms with Crippen LogP contribution in [0.3, 0.4) is 0 Å². The van der Waals surface area contributed by atoms with Crippen molar-refractivity contribution in [2.24, 2.45) is 0 Å². The molecule has 0 spiro atoms. The molecule has 1 unspecified atom stereocenters. The minimum Gasteiger partial charge on any atom is -0.475 e. The molecule has 1 aliphatic heterocycles. The monoisotopic (exact) mass is 250 g/mol. The minimum absolute atomic E-state index is 0.0119. The Balaban J connectivity index is 1.47. The van der Waals surface area contributed by atoms with E-state index in [1.54, 1.807) is 6.07 Å². The van der Waals surface area contributed by atoms with E-state index in [4.69, 9.17) is 9.52 Å². The number of carboxylic acids is 1. The quantitative estimate of drug-likeness (QED) is 0.824. The first-order valence-corrected chi connectivity index (χ1v) is 6.52. The zero-order chi connectivity index (χ0) is 12.5. The summed E-state index contributed by atoms with van der Waals surface area (Å²) in [5, 5.41) is 12.2. The third-order valence-electron chi connectivity index (χ3n) is 3.72. The number of likely N-dealkylation sites (tertiary alicyclic amines) is 1. The Labute approximate surface area is 106 Å². The Bertz CT molecular complexity index is 439. The van der Waals surface area contributed by atoms with Crippen LogP contribution in [0.4, 0.5) is 0 Å². The van der Waals surface area contributed by atoms with E-state index in [1.807, 2.05) is 0 Å². The van der Waals surface area contributed by atoms with E-state index in [0.717, 1.165) is 12.6 Å². The van der Waals surface area contributed by atoms with Gasteiger partial charge in [0.05, 0.1) is 6.54 Å². The SMILES string of the molecule is O=C(O)c1ccc(CNC2CCN(C3CC3)C2)o1. The van der Waals surface area contributed by atoms with Crippen molar-refractivity contribution in [1.29, 1.82) is 0 Å². The molecule has 2 fully saturated rings. The number of rotatable bonds is 5. The summed E-state index contributed by atoms with van der Waals surface area (Å²) < 4.78 is 5.22. The molecule has 5 nitrogen and oxygen atoms in total. The van der Waals surface area contributed by atoms with Crippen molar-refractivity contribution in [3.05, 3.63) is 23.7 Å². The lowest BCUT2D eigenvalue weighted by Crippen LogP contribution is -2.32. The van der Waals surface area contributed by atoms with Crippen LogP contribution < -0.4 is 5.32 Å². The Morgan fingerprint density at radius 1 is 1.44 bits per heavy atom. The number of hydrogen-bond donors (Lipinski definition) is 2. The molecule has 1 aromatic rings. The zero-order valence-corrected chi connectivity index (χ0v) is 10.3. The largest absolute Gasteiger partial charge is 0.475 e. The lowest BCUT2D eigenvalue weighted by molar-refractivity contribution is 0.0660. The summed E-state index contributed by atoms with van der Waals surface area (Å²) in [4.78, 5) is 13.2. The Morgan fingerprint density at radius 3 is 2.94 bits per heavy atom. The van der Waals surface area contributed by atoms with Crippen LogP contribution in [0.25, 0.3) is 0 Å². The second-order valence-corrected chi connectivity index (χ2v) is 5.16. The first-order valence-electron chi connectivity index (χ1n) is 6.52. The van der Waals surface area contributed by atoms with Crippen LogP contribution in [-0.4, -0.2) is 41.1 Å². The first-order chi connectivity index (χ1) is 8.72. The van der Waals surface area contributed by atoms with Gasteiger partial charge >= 0.3 is 5.97 Å². The maximum Gasteiger partial charge on any atom is 0.371 e. The molecule has 1 saturated carbocycles. The van der Waals surface area contributed by atoms with Crippen molar-refractivity contribution in [2.45, 2.75) is 37.9 Å². The van der Waals surface area contributed by atoms with Gasteiger partial charge in [0.15, 0.2) is 0 Å². The van der Waals surface area contributed by atoms with Crippen LogP contribution in [0, 0.1) is 0 Å². The normalized spacial score (nSPS) is 24.6. The van der Waals surface area contributed by atoms with E-state index in [2.05, 4.69) is 10.2 Å². The van der Waals surface area contributed by atoms with Gasteiger partial charge in [-0.15, -0.1) is 0 Å². The lowest BCUT2D eigenvalue weighted by atomic mass is 10.2. The van der Waals surface area contributed by atoms with Crippen molar-refractivity contribution in [3.8, 4) is 0 Å². The van der Waals surface area contributed by atoms with E-state index >= 15 is 0 Å². The van der Waals surface area contributed by atoms with Gasteiger partial charge in [-0.05, 0) is 31.4 Å². The van der Waals surface area contributed by atoms with E-state index in [-0.39, 0.29) is 5.76 Å². The fourth-order valence-corrected chi connectivity index (χ4v) is 2.56. The van der Waals surface area contributed by atoms with Crippen LogP contribution in [0.5, 0.6) is 0 Å². The number of hydrogen-bond acceptors (Lipinski definition) is 4. The van der Waals surface area contributed by atoms with Gasteiger partial charge in [-0.3, -0.25) is 4.90 Å². The second-order valence-electron chi connectivity index (χ2n) is 5.16. The molecule has 0 aromatic carbocycles. The maximum absolute atomic E-state index is 10.7. The minimum atomic E-state index is -1.01. The number of nitrogens with one attached hydrogen (secondary N) is 1. The van der Waals surface area contributed by atoms with Crippen molar-refractivity contribution in [3.63, 3.8) is 0 Å². The first kappa shape index (κ1) is 11.7. The van der Waals surface area contributed by atoms with Gasteiger partial charge in [0.2, 0.25) is 5.76 Å². The predicted molar refractivity (Wildman–Crippen MR) is 65.5 cm³/mol. The van der Waals surface area contributed by atoms with Crippen LogP contribution in [-0.2, 0) is 6.54 Å². The van der Waals surface area contributed by atoms with Crippen molar-refractivity contribution in [2.75, 3.05) is 13.1 Å². The number of nitrogens with zero attached hydrogens (tertiary/aromatic N) is 1. The van der Waals surface area contributed by atoms with Gasteiger partial charge in [-0.25, -0.2) is 4.79 Å². The third kappa shape index (κ3) is 2.57. The number of carbonyl (C=O) groups is 1. The Morgan fingerprint density at radius 2 is 2.28 bits per heavy atom. The standard InChI is InChI=1S/C13H18N2O3/c16-13(17)12-4-3-11(18-12)7-14-9-5-6-15(8-9)10-1-2-10/h3-4,9-10,14H,1-2,5-8H2,(H,16,17). The van der Waals surface area contributed by atoms with Crippen LogP contribution in [0.2, 0.25) is 0 Å². The third-order valence-corrected chi connectivity index (χ3v) is 3.72.